The SMILES string of the molecule is C=C1CC[C@@H]2[C@@H](C)CN(CCC)[C@H](C)C[C@@](C)(OC1)[C@H](O[C@@H]1O[C@H](C)C[C@H](N(C)C)[C@H]1O)[C@@H](C)[C@H](O)[C@@H](C)C(=O)O[C@H](CC)[C@@]2(C)O. The highest BCUT2D eigenvalue weighted by Gasteiger charge is 2.51. The van der Waals surface area contributed by atoms with Crippen molar-refractivity contribution in [3.05, 3.63) is 12.2 Å². The first-order valence-corrected chi connectivity index (χ1v) is 18.2. The number of carbonyl (C=O) groups is 1. The minimum absolute atomic E-state index is 0.0455. The van der Waals surface area contributed by atoms with E-state index in [0.717, 1.165) is 25.1 Å². The van der Waals surface area contributed by atoms with Gasteiger partial charge < -0.3 is 44.1 Å². The van der Waals surface area contributed by atoms with E-state index in [1.807, 2.05) is 46.7 Å². The predicted octanol–water partition coefficient (Wildman–Crippen LogP) is 4.39. The lowest BCUT2D eigenvalue weighted by molar-refractivity contribution is -0.303. The number of aliphatic hydroxyl groups is 3. The van der Waals surface area contributed by atoms with E-state index in [1.54, 1.807) is 13.8 Å². The molecule has 0 aromatic rings. The number of nitrogens with zero attached hydrogens (tertiary/aromatic N) is 2. The second-order valence-electron chi connectivity index (χ2n) is 15.8. The molecule has 4 saturated heterocycles. The zero-order valence-corrected chi connectivity index (χ0v) is 31.3. The Morgan fingerprint density at radius 2 is 1.74 bits per heavy atom. The summed E-state index contributed by atoms with van der Waals surface area (Å²) in [6.45, 7) is 24.1. The highest BCUT2D eigenvalue weighted by atomic mass is 16.7. The molecule has 14 atom stereocenters. The number of hydrogen-bond donors (Lipinski definition) is 3. The third kappa shape index (κ3) is 9.37. The number of rotatable bonds is 6. The fourth-order valence-electron chi connectivity index (χ4n) is 8.60. The molecule has 4 heterocycles. The molecule has 0 aliphatic carbocycles. The van der Waals surface area contributed by atoms with Gasteiger partial charge in [0.2, 0.25) is 0 Å². The van der Waals surface area contributed by atoms with Crippen LogP contribution in [0.4, 0.5) is 0 Å². The number of esters is 1. The standard InChI is InChI=1S/C37H68N2O8/c1-13-17-39-20-23(4)28-16-15-22(3)21-44-36(9,19-24(39)5)33(47-35-32(41)29(38(11)12)18-25(6)45-35)26(7)31(40)27(8)34(42)46-30(14-2)37(28,10)43/h23-33,35,40-41,43H,3,13-21H2,1-2,4-12H3/t23-,24+,25+,26-,27+,28+,29-,30+,31-,32+,33+,35-,36+,37-/m0/s1. The van der Waals surface area contributed by atoms with Crippen LogP contribution >= 0.6 is 0 Å². The summed E-state index contributed by atoms with van der Waals surface area (Å²) in [5, 5.41) is 35.6. The molecule has 10 heteroatoms. The van der Waals surface area contributed by atoms with Crippen molar-refractivity contribution in [2.24, 2.45) is 23.7 Å². The van der Waals surface area contributed by atoms with E-state index in [0.29, 0.717) is 32.1 Å². The molecule has 3 N–H and O–H groups in total. The summed E-state index contributed by atoms with van der Waals surface area (Å²) in [6, 6.07) is -0.138. The summed E-state index contributed by atoms with van der Waals surface area (Å²) < 4.78 is 26.1. The maximum atomic E-state index is 13.7. The molecule has 0 aromatic carbocycles. The van der Waals surface area contributed by atoms with Gasteiger partial charge in [0.15, 0.2) is 6.29 Å². The first-order valence-electron chi connectivity index (χ1n) is 18.2. The van der Waals surface area contributed by atoms with Gasteiger partial charge in [0.25, 0.3) is 0 Å². The predicted molar refractivity (Wildman–Crippen MR) is 184 cm³/mol. The average molecular weight is 669 g/mol. The number of ether oxygens (including phenoxy) is 4. The molecule has 0 saturated carbocycles. The molecule has 2 bridgehead atoms. The molecule has 10 nitrogen and oxygen atoms in total. The van der Waals surface area contributed by atoms with E-state index in [4.69, 9.17) is 18.9 Å². The summed E-state index contributed by atoms with van der Waals surface area (Å²) in [5.41, 5.74) is -1.37. The van der Waals surface area contributed by atoms with Crippen LogP contribution in [0, 0.1) is 23.7 Å². The number of fused-ring (bicyclic) bond motifs is 15. The van der Waals surface area contributed by atoms with Crippen LogP contribution in [-0.2, 0) is 23.7 Å². The molecule has 4 aliphatic heterocycles. The Hall–Kier alpha value is -1.11. The fourth-order valence-corrected chi connectivity index (χ4v) is 8.60. The third-order valence-corrected chi connectivity index (χ3v) is 11.6. The first-order chi connectivity index (χ1) is 21.9. The van der Waals surface area contributed by atoms with Crippen molar-refractivity contribution in [3.8, 4) is 0 Å². The van der Waals surface area contributed by atoms with Gasteiger partial charge in [0.05, 0.1) is 36.4 Å². The minimum Gasteiger partial charge on any atom is -0.459 e. The largest absolute Gasteiger partial charge is 0.459 e. The summed E-state index contributed by atoms with van der Waals surface area (Å²) in [7, 11) is 3.87. The van der Waals surface area contributed by atoms with Crippen LogP contribution in [0.3, 0.4) is 0 Å². The summed E-state index contributed by atoms with van der Waals surface area (Å²) >= 11 is 0. The molecule has 0 unspecified atom stereocenters. The van der Waals surface area contributed by atoms with Crippen molar-refractivity contribution in [3.63, 3.8) is 0 Å². The van der Waals surface area contributed by atoms with Gasteiger partial charge in [-0.05, 0) is 106 Å². The lowest BCUT2D eigenvalue weighted by atomic mass is 9.72. The van der Waals surface area contributed by atoms with Gasteiger partial charge in [0, 0.05) is 24.5 Å². The van der Waals surface area contributed by atoms with Gasteiger partial charge in [-0.2, -0.15) is 0 Å². The van der Waals surface area contributed by atoms with Crippen LogP contribution < -0.4 is 0 Å². The Kier molecular flexibility index (Phi) is 14.4. The smallest absolute Gasteiger partial charge is 0.311 e. The van der Waals surface area contributed by atoms with E-state index in [2.05, 4.69) is 32.3 Å². The van der Waals surface area contributed by atoms with Crippen molar-refractivity contribution in [2.45, 2.75) is 161 Å². The lowest BCUT2D eigenvalue weighted by Gasteiger charge is -2.49. The Balaban J connectivity index is 2.22. The maximum Gasteiger partial charge on any atom is 0.311 e. The molecule has 4 aliphatic rings. The number of aliphatic hydroxyl groups excluding tert-OH is 2. The first kappa shape index (κ1) is 40.3. The van der Waals surface area contributed by atoms with Crippen molar-refractivity contribution in [1.29, 1.82) is 0 Å². The summed E-state index contributed by atoms with van der Waals surface area (Å²) in [6.07, 6.45) is -0.863. The molecule has 47 heavy (non-hydrogen) atoms. The maximum absolute atomic E-state index is 13.7. The molecule has 0 aromatic heterocycles. The van der Waals surface area contributed by atoms with Gasteiger partial charge in [0.1, 0.15) is 17.8 Å². The average Bonchev–Trinajstić information content (AvgIpc) is 3.00. The number of hydrogen-bond acceptors (Lipinski definition) is 10. The number of carbonyl (C=O) groups excluding carboxylic acids is 1. The molecular formula is C37H68N2O8. The second-order valence-corrected chi connectivity index (χ2v) is 15.8. The van der Waals surface area contributed by atoms with Crippen LogP contribution in [0.5, 0.6) is 0 Å². The van der Waals surface area contributed by atoms with E-state index in [1.165, 1.54) is 0 Å². The van der Waals surface area contributed by atoms with Crippen LogP contribution in [0.2, 0.25) is 0 Å². The molecule has 4 rings (SSSR count). The van der Waals surface area contributed by atoms with E-state index in [-0.39, 0.29) is 36.6 Å². The van der Waals surface area contributed by atoms with Gasteiger partial charge in [-0.1, -0.05) is 39.8 Å². The minimum atomic E-state index is -1.30. The van der Waals surface area contributed by atoms with Crippen molar-refractivity contribution < 1.29 is 39.1 Å². The van der Waals surface area contributed by atoms with Gasteiger partial charge in [-0.25, -0.2) is 0 Å². The van der Waals surface area contributed by atoms with Gasteiger partial charge in [-0.15, -0.1) is 0 Å². The van der Waals surface area contributed by atoms with Crippen LogP contribution in [0.25, 0.3) is 0 Å². The molecule has 274 valence electrons. The Morgan fingerprint density at radius 3 is 2.34 bits per heavy atom. The van der Waals surface area contributed by atoms with Crippen LogP contribution in [0.1, 0.15) is 101 Å². The van der Waals surface area contributed by atoms with Crippen molar-refractivity contribution in [1.82, 2.24) is 9.80 Å². The molecule has 4 fully saturated rings. The molecule has 0 radical (unpaired) electrons. The summed E-state index contributed by atoms with van der Waals surface area (Å²) in [4.78, 5) is 18.2. The topological polar surface area (TPSA) is 121 Å². The van der Waals surface area contributed by atoms with Crippen LogP contribution in [-0.4, -0.2) is 125 Å². The van der Waals surface area contributed by atoms with Crippen molar-refractivity contribution in [2.75, 3.05) is 33.8 Å². The second kappa shape index (κ2) is 16.7. The zero-order valence-electron chi connectivity index (χ0n) is 31.3. The van der Waals surface area contributed by atoms with E-state index < -0.39 is 59.7 Å². The molecule has 0 spiro atoms. The molecule has 0 amide bonds. The Bertz CT molecular complexity index is 1020. The Morgan fingerprint density at radius 1 is 1.09 bits per heavy atom. The quantitative estimate of drug-likeness (QED) is 0.278. The van der Waals surface area contributed by atoms with Crippen LogP contribution in [0.15, 0.2) is 12.2 Å². The highest BCUT2D eigenvalue weighted by Crippen LogP contribution is 2.41. The monoisotopic (exact) mass is 668 g/mol. The number of likely N-dealkylation sites (N-methyl/N-ethyl adjacent to an activating group) is 1. The Labute approximate surface area is 285 Å². The lowest BCUT2D eigenvalue weighted by Crippen LogP contribution is -2.60. The highest BCUT2D eigenvalue weighted by molar-refractivity contribution is 5.73. The van der Waals surface area contributed by atoms with E-state index >= 15 is 0 Å². The zero-order chi connectivity index (χ0) is 35.4. The molecular weight excluding hydrogens is 600 g/mol. The van der Waals surface area contributed by atoms with Gasteiger partial charge >= 0.3 is 5.97 Å². The third-order valence-electron chi connectivity index (χ3n) is 11.6. The van der Waals surface area contributed by atoms with E-state index in [9.17, 15) is 20.1 Å². The summed E-state index contributed by atoms with van der Waals surface area (Å²) in [5.74, 6) is -2.19. The van der Waals surface area contributed by atoms with Gasteiger partial charge in [-0.3, -0.25) is 4.79 Å². The van der Waals surface area contributed by atoms with Crippen molar-refractivity contribution >= 4 is 5.97 Å². The normalized spacial score (nSPS) is 45.4. The fraction of sp³-hybridized carbons (Fsp3) is 0.919.